The van der Waals surface area contributed by atoms with Crippen LogP contribution in [0.25, 0.3) is 0 Å². The normalized spacial score (nSPS) is 10.0. The molecule has 0 atom stereocenters. The maximum absolute atomic E-state index is 11.5. The lowest BCUT2D eigenvalue weighted by Gasteiger charge is -2.07. The first-order valence-corrected chi connectivity index (χ1v) is 5.14. The minimum absolute atomic E-state index is 0.320. The lowest BCUT2D eigenvalue weighted by molar-refractivity contribution is 0.0459. The lowest BCUT2D eigenvalue weighted by Crippen LogP contribution is -2.10. The van der Waals surface area contributed by atoms with Crippen molar-refractivity contribution in [3.8, 4) is 5.75 Å². The minimum Gasteiger partial charge on any atom is -0.539 e. The van der Waals surface area contributed by atoms with Gasteiger partial charge in [0.25, 0.3) is 0 Å². The minimum atomic E-state index is -0.378. The van der Waals surface area contributed by atoms with Gasteiger partial charge in [0.15, 0.2) is 0 Å². The standard InChI is InChI=1S/C11H15BO4/c1-8(2)7-15-11(13)9-3-5-10(6-4-9)16-12-14/h3-6,8,12,14H,7H2,1-2H3. The van der Waals surface area contributed by atoms with Gasteiger partial charge in [-0.1, -0.05) is 13.8 Å². The molecule has 0 unspecified atom stereocenters. The zero-order valence-electron chi connectivity index (χ0n) is 9.47. The third kappa shape index (κ3) is 3.94. The zero-order valence-corrected chi connectivity index (χ0v) is 9.47. The summed E-state index contributed by atoms with van der Waals surface area (Å²) in [5.41, 5.74) is 0.478. The van der Waals surface area contributed by atoms with E-state index >= 15 is 0 Å². The maximum Gasteiger partial charge on any atom is 0.504 e. The van der Waals surface area contributed by atoms with E-state index in [0.29, 0.717) is 23.8 Å². The Labute approximate surface area is 95.5 Å². The molecule has 0 saturated carbocycles. The van der Waals surface area contributed by atoms with Gasteiger partial charge in [-0.15, -0.1) is 0 Å². The summed E-state index contributed by atoms with van der Waals surface area (Å²) in [5.74, 6) is 0.494. The zero-order chi connectivity index (χ0) is 12.0. The Morgan fingerprint density at radius 2 is 2.00 bits per heavy atom. The van der Waals surface area contributed by atoms with Crippen LogP contribution < -0.4 is 4.65 Å². The van der Waals surface area contributed by atoms with Crippen molar-refractivity contribution >= 4 is 13.7 Å². The van der Waals surface area contributed by atoms with Crippen LogP contribution in [0.4, 0.5) is 0 Å². The third-order valence-electron chi connectivity index (χ3n) is 1.87. The molecule has 0 radical (unpaired) electrons. The van der Waals surface area contributed by atoms with Crippen molar-refractivity contribution in [3.05, 3.63) is 29.8 Å². The number of benzene rings is 1. The molecule has 86 valence electrons. The first kappa shape index (κ1) is 12.6. The van der Waals surface area contributed by atoms with Crippen LogP contribution in [0.15, 0.2) is 24.3 Å². The summed E-state index contributed by atoms with van der Waals surface area (Å²) in [6, 6.07) is 6.44. The number of ether oxygens (including phenoxy) is 1. The molecule has 5 heteroatoms. The highest BCUT2D eigenvalue weighted by Gasteiger charge is 2.07. The van der Waals surface area contributed by atoms with Gasteiger partial charge in [0.05, 0.1) is 12.2 Å². The maximum atomic E-state index is 11.5. The number of carbonyl (C=O) groups excluding carboxylic acids is 1. The summed E-state index contributed by atoms with van der Waals surface area (Å²) in [6.07, 6.45) is 0. The van der Waals surface area contributed by atoms with Gasteiger partial charge in [-0.2, -0.15) is 0 Å². The predicted octanol–water partition coefficient (Wildman–Crippen LogP) is 1.14. The van der Waals surface area contributed by atoms with Crippen molar-refractivity contribution in [2.45, 2.75) is 13.8 Å². The van der Waals surface area contributed by atoms with Crippen LogP contribution in [-0.2, 0) is 4.74 Å². The first-order valence-electron chi connectivity index (χ1n) is 5.14. The van der Waals surface area contributed by atoms with Crippen LogP contribution in [-0.4, -0.2) is 25.3 Å². The predicted molar refractivity (Wildman–Crippen MR) is 61.6 cm³/mol. The van der Waals surface area contributed by atoms with Crippen LogP contribution in [0, 0.1) is 5.92 Å². The molecule has 0 spiro atoms. The Kier molecular flexibility index (Phi) is 4.86. The summed E-state index contributed by atoms with van der Waals surface area (Å²) in [4.78, 5) is 11.5. The van der Waals surface area contributed by atoms with E-state index in [9.17, 15) is 4.79 Å². The average molecular weight is 222 g/mol. The quantitative estimate of drug-likeness (QED) is 0.599. The molecule has 1 rings (SSSR count). The topological polar surface area (TPSA) is 55.8 Å². The fourth-order valence-corrected chi connectivity index (χ4v) is 1.09. The van der Waals surface area contributed by atoms with Crippen LogP contribution in [0.3, 0.4) is 0 Å². The van der Waals surface area contributed by atoms with Gasteiger partial charge < -0.3 is 14.4 Å². The Bertz CT molecular complexity index is 334. The highest BCUT2D eigenvalue weighted by atomic mass is 16.5. The number of carbonyl (C=O) groups is 1. The summed E-state index contributed by atoms with van der Waals surface area (Å²) >= 11 is 0. The molecule has 1 N–H and O–H groups in total. The largest absolute Gasteiger partial charge is 0.539 e. The molecule has 0 aliphatic heterocycles. The molecule has 0 saturated heterocycles. The second kappa shape index (κ2) is 6.17. The van der Waals surface area contributed by atoms with E-state index in [1.807, 2.05) is 13.8 Å². The molecular weight excluding hydrogens is 207 g/mol. The molecule has 0 aliphatic rings. The van der Waals surface area contributed by atoms with Crippen molar-refractivity contribution in [1.29, 1.82) is 0 Å². The summed E-state index contributed by atoms with van der Waals surface area (Å²) in [6.45, 7) is 4.37. The first-order chi connectivity index (χ1) is 7.63. The number of rotatable bonds is 5. The Morgan fingerprint density at radius 3 is 2.50 bits per heavy atom. The number of esters is 1. The van der Waals surface area contributed by atoms with Gasteiger partial charge in [-0.05, 0) is 30.2 Å². The average Bonchev–Trinajstić information content (AvgIpc) is 2.27. The summed E-state index contributed by atoms with van der Waals surface area (Å²) in [7, 11) is -0.378. The molecule has 0 aliphatic carbocycles. The van der Waals surface area contributed by atoms with E-state index < -0.39 is 0 Å². The van der Waals surface area contributed by atoms with Crippen molar-refractivity contribution < 1.29 is 19.2 Å². The number of hydrogen-bond acceptors (Lipinski definition) is 4. The van der Waals surface area contributed by atoms with Crippen LogP contribution in [0.2, 0.25) is 0 Å². The van der Waals surface area contributed by atoms with E-state index in [0.717, 1.165) is 0 Å². The second-order valence-electron chi connectivity index (χ2n) is 3.79. The lowest BCUT2D eigenvalue weighted by atomic mass is 10.2. The molecule has 16 heavy (non-hydrogen) atoms. The van der Waals surface area contributed by atoms with Gasteiger partial charge in [0, 0.05) is 0 Å². The van der Waals surface area contributed by atoms with Crippen LogP contribution >= 0.6 is 0 Å². The van der Waals surface area contributed by atoms with E-state index in [1.54, 1.807) is 24.3 Å². The van der Waals surface area contributed by atoms with E-state index in [1.165, 1.54) is 0 Å². The second-order valence-corrected chi connectivity index (χ2v) is 3.79. The van der Waals surface area contributed by atoms with Crippen molar-refractivity contribution in [1.82, 2.24) is 0 Å². The molecule has 0 heterocycles. The molecule has 0 amide bonds. The Balaban J connectivity index is 2.56. The van der Waals surface area contributed by atoms with E-state index in [2.05, 4.69) is 0 Å². The van der Waals surface area contributed by atoms with E-state index in [-0.39, 0.29) is 13.7 Å². The number of hydrogen-bond donors (Lipinski definition) is 1. The molecular formula is C11H15BO4. The molecule has 1 aromatic rings. The van der Waals surface area contributed by atoms with Gasteiger partial charge in [0.1, 0.15) is 5.75 Å². The van der Waals surface area contributed by atoms with E-state index in [4.69, 9.17) is 14.4 Å². The van der Waals surface area contributed by atoms with Crippen LogP contribution in [0.1, 0.15) is 24.2 Å². The fraction of sp³-hybridized carbons (Fsp3) is 0.364. The molecule has 4 nitrogen and oxygen atoms in total. The summed E-state index contributed by atoms with van der Waals surface area (Å²) < 4.78 is 9.90. The van der Waals surface area contributed by atoms with Crippen molar-refractivity contribution in [2.24, 2.45) is 5.92 Å². The SMILES string of the molecule is CC(C)COC(=O)c1ccc(OBO)cc1. The third-order valence-corrected chi connectivity index (χ3v) is 1.87. The van der Waals surface area contributed by atoms with Crippen LogP contribution in [0.5, 0.6) is 5.75 Å². The highest BCUT2D eigenvalue weighted by Crippen LogP contribution is 2.12. The Hall–Kier alpha value is -1.49. The van der Waals surface area contributed by atoms with Gasteiger partial charge in [0.2, 0.25) is 0 Å². The molecule has 0 bridgehead atoms. The van der Waals surface area contributed by atoms with Crippen molar-refractivity contribution in [2.75, 3.05) is 6.61 Å². The van der Waals surface area contributed by atoms with Gasteiger partial charge in [-0.25, -0.2) is 4.79 Å². The molecule has 0 fully saturated rings. The smallest absolute Gasteiger partial charge is 0.504 e. The highest BCUT2D eigenvalue weighted by molar-refractivity contribution is 6.17. The molecule has 1 aromatic carbocycles. The van der Waals surface area contributed by atoms with Gasteiger partial charge >= 0.3 is 13.7 Å². The Morgan fingerprint density at radius 1 is 1.38 bits per heavy atom. The van der Waals surface area contributed by atoms with Gasteiger partial charge in [-0.3, -0.25) is 0 Å². The fourth-order valence-electron chi connectivity index (χ4n) is 1.09. The summed E-state index contributed by atoms with van der Waals surface area (Å²) in [5, 5.41) is 8.53. The van der Waals surface area contributed by atoms with Crippen molar-refractivity contribution in [3.63, 3.8) is 0 Å². The monoisotopic (exact) mass is 222 g/mol. The molecule has 0 aromatic heterocycles.